The van der Waals surface area contributed by atoms with Crippen LogP contribution in [-0.4, -0.2) is 11.1 Å². The van der Waals surface area contributed by atoms with Crippen LogP contribution in [0.3, 0.4) is 0 Å². The summed E-state index contributed by atoms with van der Waals surface area (Å²) in [6, 6.07) is 3.79. The molecular weight excluding hydrogens is 132 g/mol. The monoisotopic (exact) mass is 142 g/mol. The highest BCUT2D eigenvalue weighted by Crippen LogP contribution is 1.93. The SMILES string of the molecule is CC(=O)O.Cc1ccco1. The fourth-order valence-electron chi connectivity index (χ4n) is 0.361. The minimum Gasteiger partial charge on any atom is -0.481 e. The van der Waals surface area contributed by atoms with Crippen molar-refractivity contribution < 1.29 is 14.3 Å². The predicted octanol–water partition coefficient (Wildman–Crippen LogP) is 1.68. The highest BCUT2D eigenvalue weighted by molar-refractivity contribution is 5.62. The van der Waals surface area contributed by atoms with Crippen molar-refractivity contribution in [2.24, 2.45) is 0 Å². The maximum atomic E-state index is 9.00. The molecule has 0 spiro atoms. The van der Waals surface area contributed by atoms with Gasteiger partial charge in [-0.1, -0.05) is 0 Å². The van der Waals surface area contributed by atoms with E-state index in [1.165, 1.54) is 0 Å². The molecule has 1 aromatic heterocycles. The van der Waals surface area contributed by atoms with Gasteiger partial charge in [-0.2, -0.15) is 0 Å². The van der Waals surface area contributed by atoms with Crippen molar-refractivity contribution in [2.75, 3.05) is 0 Å². The van der Waals surface area contributed by atoms with E-state index in [1.807, 2.05) is 19.1 Å². The smallest absolute Gasteiger partial charge is 0.300 e. The van der Waals surface area contributed by atoms with Crippen molar-refractivity contribution in [1.29, 1.82) is 0 Å². The van der Waals surface area contributed by atoms with Crippen LogP contribution in [0.1, 0.15) is 12.7 Å². The van der Waals surface area contributed by atoms with Crippen molar-refractivity contribution in [3.8, 4) is 0 Å². The topological polar surface area (TPSA) is 50.4 Å². The van der Waals surface area contributed by atoms with E-state index >= 15 is 0 Å². The summed E-state index contributed by atoms with van der Waals surface area (Å²) >= 11 is 0. The molecule has 10 heavy (non-hydrogen) atoms. The van der Waals surface area contributed by atoms with Gasteiger partial charge in [0.15, 0.2) is 0 Å². The Morgan fingerprint density at radius 3 is 2.30 bits per heavy atom. The van der Waals surface area contributed by atoms with E-state index in [2.05, 4.69) is 0 Å². The van der Waals surface area contributed by atoms with E-state index < -0.39 is 5.97 Å². The Balaban J connectivity index is 0.000000180. The van der Waals surface area contributed by atoms with Crippen LogP contribution in [0.2, 0.25) is 0 Å². The number of aryl methyl sites for hydroxylation is 1. The molecule has 0 unspecified atom stereocenters. The lowest BCUT2D eigenvalue weighted by Gasteiger charge is -1.69. The Kier molecular flexibility index (Phi) is 4.04. The number of carboxylic acids is 1. The second-order valence-electron chi connectivity index (χ2n) is 1.74. The summed E-state index contributed by atoms with van der Waals surface area (Å²) in [5, 5.41) is 7.42. The van der Waals surface area contributed by atoms with Crippen LogP contribution in [0.5, 0.6) is 0 Å². The van der Waals surface area contributed by atoms with Crippen LogP contribution in [0.25, 0.3) is 0 Å². The Hall–Kier alpha value is -1.25. The average Bonchev–Trinajstić information content (AvgIpc) is 2.15. The van der Waals surface area contributed by atoms with E-state index in [1.54, 1.807) is 6.26 Å². The van der Waals surface area contributed by atoms with Gasteiger partial charge < -0.3 is 9.52 Å². The largest absolute Gasteiger partial charge is 0.481 e. The van der Waals surface area contributed by atoms with E-state index in [4.69, 9.17) is 14.3 Å². The van der Waals surface area contributed by atoms with Crippen LogP contribution in [0.4, 0.5) is 0 Å². The van der Waals surface area contributed by atoms with Gasteiger partial charge in [-0.3, -0.25) is 4.79 Å². The summed E-state index contributed by atoms with van der Waals surface area (Å²) in [6.07, 6.45) is 1.66. The lowest BCUT2D eigenvalue weighted by Crippen LogP contribution is -1.78. The summed E-state index contributed by atoms with van der Waals surface area (Å²) in [5.74, 6) is 0.134. The molecule has 1 aromatic rings. The number of hydrogen-bond acceptors (Lipinski definition) is 2. The number of furan rings is 1. The first-order valence-electron chi connectivity index (χ1n) is 2.82. The van der Waals surface area contributed by atoms with E-state index in [9.17, 15) is 0 Å². The molecule has 3 heteroatoms. The molecule has 0 amide bonds. The first-order valence-corrected chi connectivity index (χ1v) is 2.82. The van der Waals surface area contributed by atoms with Crippen LogP contribution in [-0.2, 0) is 4.79 Å². The van der Waals surface area contributed by atoms with Gasteiger partial charge in [0.2, 0.25) is 0 Å². The highest BCUT2D eigenvalue weighted by atomic mass is 16.4. The number of carbonyl (C=O) groups is 1. The fourth-order valence-corrected chi connectivity index (χ4v) is 0.361. The second kappa shape index (κ2) is 4.61. The highest BCUT2D eigenvalue weighted by Gasteiger charge is 1.75. The van der Waals surface area contributed by atoms with Crippen molar-refractivity contribution in [2.45, 2.75) is 13.8 Å². The molecule has 0 saturated carbocycles. The van der Waals surface area contributed by atoms with E-state index in [-0.39, 0.29) is 0 Å². The van der Waals surface area contributed by atoms with Gasteiger partial charge in [-0.15, -0.1) is 0 Å². The molecule has 0 saturated heterocycles. The molecule has 0 fully saturated rings. The van der Waals surface area contributed by atoms with Crippen LogP contribution < -0.4 is 0 Å². The van der Waals surface area contributed by atoms with Gasteiger partial charge in [0.25, 0.3) is 5.97 Å². The van der Waals surface area contributed by atoms with E-state index in [0.29, 0.717) is 0 Å². The maximum absolute atomic E-state index is 9.00. The number of carboxylic acid groups (broad SMARTS) is 1. The van der Waals surface area contributed by atoms with Gasteiger partial charge in [0.1, 0.15) is 5.76 Å². The second-order valence-corrected chi connectivity index (χ2v) is 1.74. The van der Waals surface area contributed by atoms with Gasteiger partial charge in [0.05, 0.1) is 6.26 Å². The number of rotatable bonds is 0. The predicted molar refractivity (Wildman–Crippen MR) is 36.8 cm³/mol. The normalized spacial score (nSPS) is 7.80. The van der Waals surface area contributed by atoms with Crippen LogP contribution >= 0.6 is 0 Å². The molecule has 1 heterocycles. The van der Waals surface area contributed by atoms with Crippen molar-refractivity contribution >= 4 is 5.97 Å². The molecule has 0 aliphatic rings. The molecule has 0 radical (unpaired) electrons. The van der Waals surface area contributed by atoms with Crippen molar-refractivity contribution in [3.05, 3.63) is 24.2 Å². The zero-order valence-electron chi connectivity index (χ0n) is 6.00. The molecule has 3 nitrogen and oxygen atoms in total. The van der Waals surface area contributed by atoms with Gasteiger partial charge in [-0.25, -0.2) is 0 Å². The molecule has 56 valence electrons. The first-order chi connectivity index (χ1) is 4.63. The standard InChI is InChI=1S/C5H6O.C2H4O2/c1-5-3-2-4-6-5;1-2(3)4/h2-4H,1H3;1H3,(H,3,4). The Labute approximate surface area is 59.3 Å². The molecule has 0 aliphatic carbocycles. The quantitative estimate of drug-likeness (QED) is 0.599. The summed E-state index contributed by atoms with van der Waals surface area (Å²) in [4.78, 5) is 9.00. The van der Waals surface area contributed by atoms with Crippen molar-refractivity contribution in [1.82, 2.24) is 0 Å². The van der Waals surface area contributed by atoms with Crippen LogP contribution in [0, 0.1) is 6.92 Å². The molecular formula is C7H10O3. The fraction of sp³-hybridized carbons (Fsp3) is 0.286. The summed E-state index contributed by atoms with van der Waals surface area (Å²) in [7, 11) is 0. The summed E-state index contributed by atoms with van der Waals surface area (Å²) in [6.45, 7) is 3.00. The Morgan fingerprint density at radius 2 is 2.20 bits per heavy atom. The zero-order chi connectivity index (χ0) is 7.98. The first kappa shape index (κ1) is 8.75. The van der Waals surface area contributed by atoms with Crippen LogP contribution in [0.15, 0.2) is 22.8 Å². The molecule has 0 atom stereocenters. The molecule has 1 N–H and O–H groups in total. The third-order valence-electron chi connectivity index (χ3n) is 0.663. The third-order valence-corrected chi connectivity index (χ3v) is 0.663. The lowest BCUT2D eigenvalue weighted by molar-refractivity contribution is -0.134. The lowest BCUT2D eigenvalue weighted by atomic mass is 10.5. The minimum atomic E-state index is -0.833. The molecule has 0 bridgehead atoms. The maximum Gasteiger partial charge on any atom is 0.300 e. The Bertz CT molecular complexity index is 173. The Morgan fingerprint density at radius 1 is 1.70 bits per heavy atom. The zero-order valence-corrected chi connectivity index (χ0v) is 6.00. The number of hydrogen-bond donors (Lipinski definition) is 1. The van der Waals surface area contributed by atoms with Crippen molar-refractivity contribution in [3.63, 3.8) is 0 Å². The number of aliphatic carboxylic acids is 1. The summed E-state index contributed by atoms with van der Waals surface area (Å²) in [5.41, 5.74) is 0. The minimum absolute atomic E-state index is 0.833. The third kappa shape index (κ3) is 6.75. The van der Waals surface area contributed by atoms with E-state index in [0.717, 1.165) is 12.7 Å². The molecule has 1 rings (SSSR count). The van der Waals surface area contributed by atoms with Gasteiger partial charge >= 0.3 is 0 Å². The van der Waals surface area contributed by atoms with Gasteiger partial charge in [0, 0.05) is 6.92 Å². The molecule has 0 aliphatic heterocycles. The summed E-state index contributed by atoms with van der Waals surface area (Å²) < 4.78 is 4.83. The molecule has 0 aromatic carbocycles. The van der Waals surface area contributed by atoms with Gasteiger partial charge in [-0.05, 0) is 19.1 Å². The average molecular weight is 142 g/mol.